The highest BCUT2D eigenvalue weighted by Crippen LogP contribution is 2.32. The maximum Gasteiger partial charge on any atom is 0.271 e. The molecule has 0 unspecified atom stereocenters. The van der Waals surface area contributed by atoms with Crippen molar-refractivity contribution in [2.24, 2.45) is 0 Å². The van der Waals surface area contributed by atoms with Crippen LogP contribution in [0, 0.1) is 10.1 Å². The molecule has 2 aromatic rings. The fourth-order valence-electron chi connectivity index (χ4n) is 2.70. The number of nitro benzene ring substituents is 1. The number of hydrogen-bond donors (Lipinski definition) is 0. The molecule has 0 N–H and O–H groups in total. The zero-order valence-corrected chi connectivity index (χ0v) is 13.0. The van der Waals surface area contributed by atoms with Crippen LogP contribution in [0.2, 0.25) is 0 Å². The van der Waals surface area contributed by atoms with Crippen LogP contribution in [0.3, 0.4) is 0 Å². The van der Waals surface area contributed by atoms with Crippen molar-refractivity contribution in [1.29, 1.82) is 0 Å². The summed E-state index contributed by atoms with van der Waals surface area (Å²) in [5, 5.41) is 11.0. The topological polar surface area (TPSA) is 72.7 Å². The van der Waals surface area contributed by atoms with Crippen LogP contribution in [-0.4, -0.2) is 24.0 Å². The average Bonchev–Trinajstić information content (AvgIpc) is 3.02. The van der Waals surface area contributed by atoms with Crippen molar-refractivity contribution in [3.63, 3.8) is 0 Å². The molecule has 0 bridgehead atoms. The van der Waals surface area contributed by atoms with Crippen LogP contribution in [0.25, 0.3) is 0 Å². The summed E-state index contributed by atoms with van der Waals surface area (Å²) in [6, 6.07) is 11.5. The van der Waals surface area contributed by atoms with E-state index >= 15 is 0 Å². The molecule has 1 aliphatic rings. The summed E-state index contributed by atoms with van der Waals surface area (Å²) in [7, 11) is 0. The van der Waals surface area contributed by atoms with E-state index in [0.717, 1.165) is 5.56 Å². The Hall–Kier alpha value is -3.15. The van der Waals surface area contributed by atoms with Gasteiger partial charge in [0.05, 0.1) is 10.6 Å². The summed E-state index contributed by atoms with van der Waals surface area (Å²) in [6.45, 7) is 4.50. The number of carbonyl (C=O) groups is 1. The average molecular weight is 324 g/mol. The summed E-state index contributed by atoms with van der Waals surface area (Å²) in [5.41, 5.74) is 2.06. The third-order valence-electron chi connectivity index (χ3n) is 3.89. The second-order valence-corrected chi connectivity index (χ2v) is 5.40. The van der Waals surface area contributed by atoms with Crippen LogP contribution in [0.4, 0.5) is 11.4 Å². The molecule has 0 atom stereocenters. The number of benzene rings is 2. The van der Waals surface area contributed by atoms with Crippen LogP contribution in [-0.2, 0) is 6.42 Å². The van der Waals surface area contributed by atoms with Gasteiger partial charge in [-0.1, -0.05) is 18.7 Å². The Morgan fingerprint density at radius 2 is 2.04 bits per heavy atom. The molecule has 0 spiro atoms. The largest absolute Gasteiger partial charge is 0.490 e. The number of ether oxygens (including phenoxy) is 1. The quantitative estimate of drug-likeness (QED) is 0.480. The standard InChI is InChI=1S/C18H16N2O4/c1-2-11-24-16-7-4-14(5-8-16)18(21)19-10-9-13-3-6-15(20(22)23)12-17(13)19/h2-8,12H,1,9-11H2. The van der Waals surface area contributed by atoms with Crippen molar-refractivity contribution in [2.75, 3.05) is 18.1 Å². The van der Waals surface area contributed by atoms with Gasteiger partial charge in [-0.2, -0.15) is 0 Å². The second kappa shape index (κ2) is 6.54. The van der Waals surface area contributed by atoms with E-state index in [9.17, 15) is 14.9 Å². The molecule has 1 heterocycles. The predicted octanol–water partition coefficient (Wildman–Crippen LogP) is 3.36. The van der Waals surface area contributed by atoms with Gasteiger partial charge in [-0.05, 0) is 36.2 Å². The maximum atomic E-state index is 12.7. The Bertz CT molecular complexity index is 799. The van der Waals surface area contributed by atoms with E-state index in [1.807, 2.05) is 0 Å². The molecule has 122 valence electrons. The van der Waals surface area contributed by atoms with Gasteiger partial charge in [0.15, 0.2) is 0 Å². The molecule has 0 fully saturated rings. The number of hydrogen-bond acceptors (Lipinski definition) is 4. The van der Waals surface area contributed by atoms with Crippen molar-refractivity contribution in [1.82, 2.24) is 0 Å². The Balaban J connectivity index is 1.83. The first kappa shape index (κ1) is 15.7. The smallest absolute Gasteiger partial charge is 0.271 e. The van der Waals surface area contributed by atoms with E-state index in [4.69, 9.17) is 4.74 Å². The molecule has 24 heavy (non-hydrogen) atoms. The monoisotopic (exact) mass is 324 g/mol. The summed E-state index contributed by atoms with van der Waals surface area (Å²) in [5.74, 6) is 0.480. The number of nitrogens with zero attached hydrogens (tertiary/aromatic N) is 2. The number of nitro groups is 1. The predicted molar refractivity (Wildman–Crippen MR) is 90.6 cm³/mol. The van der Waals surface area contributed by atoms with Crippen LogP contribution >= 0.6 is 0 Å². The molecule has 0 saturated heterocycles. The van der Waals surface area contributed by atoms with E-state index in [-0.39, 0.29) is 11.6 Å². The second-order valence-electron chi connectivity index (χ2n) is 5.40. The van der Waals surface area contributed by atoms with Gasteiger partial charge >= 0.3 is 0 Å². The van der Waals surface area contributed by atoms with Crippen LogP contribution < -0.4 is 9.64 Å². The van der Waals surface area contributed by atoms with Gasteiger partial charge in [-0.15, -0.1) is 0 Å². The van der Waals surface area contributed by atoms with E-state index in [1.165, 1.54) is 12.1 Å². The van der Waals surface area contributed by atoms with Crippen molar-refractivity contribution >= 4 is 17.3 Å². The number of amides is 1. The summed E-state index contributed by atoms with van der Waals surface area (Å²) >= 11 is 0. The molecule has 0 aromatic heterocycles. The van der Waals surface area contributed by atoms with Gasteiger partial charge in [0.2, 0.25) is 0 Å². The van der Waals surface area contributed by atoms with E-state index in [1.54, 1.807) is 41.3 Å². The third-order valence-corrected chi connectivity index (χ3v) is 3.89. The van der Waals surface area contributed by atoms with E-state index < -0.39 is 4.92 Å². The molecule has 0 saturated carbocycles. The minimum absolute atomic E-state index is 0.0124. The number of carbonyl (C=O) groups excluding carboxylic acids is 1. The highest BCUT2D eigenvalue weighted by atomic mass is 16.6. The first-order valence-electron chi connectivity index (χ1n) is 7.53. The first-order chi connectivity index (χ1) is 11.6. The van der Waals surface area contributed by atoms with Crippen LogP contribution in [0.15, 0.2) is 55.1 Å². The normalized spacial score (nSPS) is 12.6. The van der Waals surface area contributed by atoms with Gasteiger partial charge in [0.25, 0.3) is 11.6 Å². The van der Waals surface area contributed by atoms with Gasteiger partial charge in [-0.3, -0.25) is 14.9 Å². The fraction of sp³-hybridized carbons (Fsp3) is 0.167. The maximum absolute atomic E-state index is 12.7. The molecule has 6 heteroatoms. The third kappa shape index (κ3) is 2.99. The Labute approximate surface area is 139 Å². The first-order valence-corrected chi connectivity index (χ1v) is 7.53. The van der Waals surface area contributed by atoms with Gasteiger partial charge < -0.3 is 9.64 Å². The van der Waals surface area contributed by atoms with Crippen molar-refractivity contribution in [3.8, 4) is 5.75 Å². The SMILES string of the molecule is C=CCOc1ccc(C(=O)N2CCc3ccc([N+](=O)[O-])cc32)cc1. The van der Waals surface area contributed by atoms with Crippen molar-refractivity contribution < 1.29 is 14.5 Å². The molecule has 0 aliphatic carbocycles. The molecule has 6 nitrogen and oxygen atoms in total. The zero-order chi connectivity index (χ0) is 17.1. The number of rotatable bonds is 5. The zero-order valence-electron chi connectivity index (χ0n) is 13.0. The molecule has 2 aromatic carbocycles. The fourth-order valence-corrected chi connectivity index (χ4v) is 2.70. The Morgan fingerprint density at radius 3 is 2.71 bits per heavy atom. The molecule has 3 rings (SSSR count). The lowest BCUT2D eigenvalue weighted by Gasteiger charge is -2.17. The lowest BCUT2D eigenvalue weighted by atomic mass is 10.1. The Morgan fingerprint density at radius 1 is 1.29 bits per heavy atom. The molecular weight excluding hydrogens is 308 g/mol. The van der Waals surface area contributed by atoms with Gasteiger partial charge in [-0.25, -0.2) is 0 Å². The number of fused-ring (bicyclic) bond motifs is 1. The molecular formula is C18H16N2O4. The minimum atomic E-state index is -0.451. The van der Waals surface area contributed by atoms with E-state index in [2.05, 4.69) is 6.58 Å². The highest BCUT2D eigenvalue weighted by molar-refractivity contribution is 6.07. The molecule has 1 aliphatic heterocycles. The lowest BCUT2D eigenvalue weighted by Crippen LogP contribution is -2.28. The Kier molecular flexibility index (Phi) is 4.29. The van der Waals surface area contributed by atoms with Crippen LogP contribution in [0.1, 0.15) is 15.9 Å². The summed E-state index contributed by atoms with van der Waals surface area (Å²) in [6.07, 6.45) is 2.34. The lowest BCUT2D eigenvalue weighted by molar-refractivity contribution is -0.384. The number of non-ortho nitro benzene ring substituents is 1. The van der Waals surface area contributed by atoms with Crippen molar-refractivity contribution in [2.45, 2.75) is 6.42 Å². The highest BCUT2D eigenvalue weighted by Gasteiger charge is 2.27. The number of anilines is 1. The van der Waals surface area contributed by atoms with Crippen molar-refractivity contribution in [3.05, 3.63) is 76.4 Å². The summed E-state index contributed by atoms with van der Waals surface area (Å²) < 4.78 is 5.40. The minimum Gasteiger partial charge on any atom is -0.490 e. The summed E-state index contributed by atoms with van der Waals surface area (Å²) in [4.78, 5) is 24.8. The van der Waals surface area contributed by atoms with Gasteiger partial charge in [0, 0.05) is 24.2 Å². The molecule has 0 radical (unpaired) electrons. The van der Waals surface area contributed by atoms with Gasteiger partial charge in [0.1, 0.15) is 12.4 Å². The molecule has 1 amide bonds. The van der Waals surface area contributed by atoms with Crippen LogP contribution in [0.5, 0.6) is 5.75 Å². The van der Waals surface area contributed by atoms with E-state index in [0.29, 0.717) is 36.6 Å².